The lowest BCUT2D eigenvalue weighted by atomic mass is 9.97. The Morgan fingerprint density at radius 1 is 1.44 bits per heavy atom. The molecule has 1 aliphatic rings. The Kier molecular flexibility index (Phi) is 5.03. The number of rotatable bonds is 5. The van der Waals surface area contributed by atoms with Gasteiger partial charge in [-0.1, -0.05) is 13.8 Å². The zero-order valence-electron chi connectivity index (χ0n) is 11.2. The summed E-state index contributed by atoms with van der Waals surface area (Å²) in [5.41, 5.74) is -0.418. The summed E-state index contributed by atoms with van der Waals surface area (Å²) < 4.78 is 37.0. The molecule has 1 rings (SSSR count). The SMILES string of the molecule is CC(C)NC1(CO)CCC(N(C)CC(F)(F)F)C1. The third-order valence-corrected chi connectivity index (χ3v) is 3.53. The summed E-state index contributed by atoms with van der Waals surface area (Å²) in [7, 11) is 1.50. The number of halogens is 3. The molecule has 2 unspecified atom stereocenters. The minimum absolute atomic E-state index is 0.0263. The number of aliphatic hydroxyl groups excluding tert-OH is 1. The van der Waals surface area contributed by atoms with Crippen molar-refractivity contribution in [1.29, 1.82) is 0 Å². The van der Waals surface area contributed by atoms with E-state index in [1.54, 1.807) is 0 Å². The standard InChI is InChI=1S/C12H23F3N2O/c1-9(2)16-11(8-18)5-4-10(6-11)17(3)7-12(13,14)15/h9-10,16,18H,4-8H2,1-3H3. The first-order chi connectivity index (χ1) is 8.17. The topological polar surface area (TPSA) is 35.5 Å². The van der Waals surface area contributed by atoms with Gasteiger partial charge in [0.05, 0.1) is 13.2 Å². The zero-order chi connectivity index (χ0) is 14.0. The summed E-state index contributed by atoms with van der Waals surface area (Å²) in [4.78, 5) is 1.35. The van der Waals surface area contributed by atoms with Crippen LogP contribution in [-0.2, 0) is 0 Å². The van der Waals surface area contributed by atoms with Gasteiger partial charge in [0.1, 0.15) is 0 Å². The summed E-state index contributed by atoms with van der Waals surface area (Å²) >= 11 is 0. The van der Waals surface area contributed by atoms with Crippen LogP contribution in [0.3, 0.4) is 0 Å². The van der Waals surface area contributed by atoms with Crippen molar-refractivity contribution >= 4 is 0 Å². The highest BCUT2D eigenvalue weighted by molar-refractivity contribution is 4.99. The highest BCUT2D eigenvalue weighted by atomic mass is 19.4. The molecule has 1 aliphatic carbocycles. The lowest BCUT2D eigenvalue weighted by Gasteiger charge is -2.32. The molecule has 3 nitrogen and oxygen atoms in total. The Labute approximate surface area is 106 Å². The van der Waals surface area contributed by atoms with Crippen LogP contribution >= 0.6 is 0 Å². The van der Waals surface area contributed by atoms with Crippen LogP contribution in [0.4, 0.5) is 13.2 Å². The second-order valence-corrected chi connectivity index (χ2v) is 5.66. The van der Waals surface area contributed by atoms with Crippen molar-refractivity contribution in [3.05, 3.63) is 0 Å². The van der Waals surface area contributed by atoms with Gasteiger partial charge in [-0.3, -0.25) is 4.90 Å². The Bertz CT molecular complexity index is 271. The van der Waals surface area contributed by atoms with Gasteiger partial charge in [0, 0.05) is 17.6 Å². The summed E-state index contributed by atoms with van der Waals surface area (Å²) in [6, 6.07) is 0.0915. The van der Waals surface area contributed by atoms with Crippen molar-refractivity contribution in [2.75, 3.05) is 20.2 Å². The van der Waals surface area contributed by atoms with E-state index in [2.05, 4.69) is 5.32 Å². The van der Waals surface area contributed by atoms with E-state index in [0.717, 1.165) is 0 Å². The van der Waals surface area contributed by atoms with Gasteiger partial charge < -0.3 is 10.4 Å². The van der Waals surface area contributed by atoms with E-state index in [4.69, 9.17) is 0 Å². The molecule has 18 heavy (non-hydrogen) atoms. The van der Waals surface area contributed by atoms with Crippen molar-refractivity contribution in [1.82, 2.24) is 10.2 Å². The van der Waals surface area contributed by atoms with Crippen LogP contribution in [-0.4, -0.2) is 54.0 Å². The molecule has 108 valence electrons. The molecule has 0 aromatic carbocycles. The lowest BCUT2D eigenvalue weighted by molar-refractivity contribution is -0.147. The van der Waals surface area contributed by atoms with E-state index < -0.39 is 18.3 Å². The summed E-state index contributed by atoms with van der Waals surface area (Å²) in [6.07, 6.45) is -2.19. The van der Waals surface area contributed by atoms with E-state index in [-0.39, 0.29) is 18.7 Å². The van der Waals surface area contributed by atoms with Gasteiger partial charge in [-0.05, 0) is 26.3 Å². The fourth-order valence-electron chi connectivity index (χ4n) is 2.82. The molecule has 0 spiro atoms. The van der Waals surface area contributed by atoms with Gasteiger partial charge in [-0.25, -0.2) is 0 Å². The number of alkyl halides is 3. The Hall–Kier alpha value is -0.330. The molecule has 1 fully saturated rings. The first-order valence-electron chi connectivity index (χ1n) is 6.33. The van der Waals surface area contributed by atoms with Crippen LogP contribution in [0, 0.1) is 0 Å². The third-order valence-electron chi connectivity index (χ3n) is 3.53. The first-order valence-corrected chi connectivity index (χ1v) is 6.33. The Morgan fingerprint density at radius 2 is 2.06 bits per heavy atom. The molecule has 6 heteroatoms. The van der Waals surface area contributed by atoms with Gasteiger partial charge >= 0.3 is 6.18 Å². The summed E-state index contributed by atoms with van der Waals surface area (Å²) in [5, 5.41) is 12.8. The predicted molar refractivity (Wildman–Crippen MR) is 64.4 cm³/mol. The van der Waals surface area contributed by atoms with Crippen LogP contribution in [0.15, 0.2) is 0 Å². The summed E-state index contributed by atoms with van der Waals surface area (Å²) in [5.74, 6) is 0. The maximum atomic E-state index is 12.3. The quantitative estimate of drug-likeness (QED) is 0.797. The predicted octanol–water partition coefficient (Wildman–Crippen LogP) is 1.76. The minimum atomic E-state index is -4.16. The maximum Gasteiger partial charge on any atom is 0.401 e. The van der Waals surface area contributed by atoms with Crippen molar-refractivity contribution in [3.8, 4) is 0 Å². The molecule has 0 amide bonds. The molecule has 1 saturated carbocycles. The number of nitrogens with one attached hydrogen (secondary N) is 1. The number of hydrogen-bond acceptors (Lipinski definition) is 3. The molecule has 0 aromatic heterocycles. The minimum Gasteiger partial charge on any atom is -0.394 e. The largest absolute Gasteiger partial charge is 0.401 e. The van der Waals surface area contributed by atoms with Crippen molar-refractivity contribution in [3.63, 3.8) is 0 Å². The summed E-state index contributed by atoms with van der Waals surface area (Å²) in [6.45, 7) is 3.04. The molecule has 0 aliphatic heterocycles. The average molecular weight is 268 g/mol. The smallest absolute Gasteiger partial charge is 0.394 e. The monoisotopic (exact) mass is 268 g/mol. The molecule has 0 heterocycles. The van der Waals surface area contributed by atoms with E-state index in [1.165, 1.54) is 11.9 Å². The van der Waals surface area contributed by atoms with Crippen LogP contribution in [0.2, 0.25) is 0 Å². The molecular weight excluding hydrogens is 245 g/mol. The molecule has 0 aromatic rings. The van der Waals surface area contributed by atoms with E-state index >= 15 is 0 Å². The first kappa shape index (κ1) is 15.7. The fraction of sp³-hybridized carbons (Fsp3) is 1.00. The molecule has 0 radical (unpaired) electrons. The molecular formula is C12H23F3N2O. The molecule has 0 bridgehead atoms. The van der Waals surface area contributed by atoms with Crippen molar-refractivity contribution in [2.24, 2.45) is 0 Å². The number of nitrogens with zero attached hydrogens (tertiary/aromatic N) is 1. The van der Waals surface area contributed by atoms with Crippen molar-refractivity contribution < 1.29 is 18.3 Å². The van der Waals surface area contributed by atoms with Gasteiger partial charge in [-0.15, -0.1) is 0 Å². The second kappa shape index (κ2) is 5.75. The average Bonchev–Trinajstić information content (AvgIpc) is 2.59. The zero-order valence-corrected chi connectivity index (χ0v) is 11.2. The highest BCUT2D eigenvalue weighted by Gasteiger charge is 2.42. The normalized spacial score (nSPS) is 29.5. The lowest BCUT2D eigenvalue weighted by Crippen LogP contribution is -2.51. The third kappa shape index (κ3) is 4.40. The molecule has 2 N–H and O–H groups in total. The van der Waals surface area contributed by atoms with Gasteiger partial charge in [0.15, 0.2) is 0 Å². The molecule has 2 atom stereocenters. The van der Waals surface area contributed by atoms with Gasteiger partial charge in [0.25, 0.3) is 0 Å². The number of hydrogen-bond donors (Lipinski definition) is 2. The van der Waals surface area contributed by atoms with Crippen LogP contribution in [0.25, 0.3) is 0 Å². The fourth-order valence-corrected chi connectivity index (χ4v) is 2.82. The highest BCUT2D eigenvalue weighted by Crippen LogP contribution is 2.34. The molecule has 0 saturated heterocycles. The maximum absolute atomic E-state index is 12.3. The van der Waals surface area contributed by atoms with Crippen LogP contribution < -0.4 is 5.32 Å². The van der Waals surface area contributed by atoms with Crippen molar-refractivity contribution in [2.45, 2.75) is 56.9 Å². The number of aliphatic hydroxyl groups is 1. The van der Waals surface area contributed by atoms with Gasteiger partial charge in [-0.2, -0.15) is 13.2 Å². The van der Waals surface area contributed by atoms with E-state index in [9.17, 15) is 18.3 Å². The van der Waals surface area contributed by atoms with Gasteiger partial charge in [0.2, 0.25) is 0 Å². The van der Waals surface area contributed by atoms with E-state index in [1.807, 2.05) is 13.8 Å². The second-order valence-electron chi connectivity index (χ2n) is 5.66. The Morgan fingerprint density at radius 3 is 2.50 bits per heavy atom. The van der Waals surface area contributed by atoms with Crippen LogP contribution in [0.1, 0.15) is 33.1 Å². The van der Waals surface area contributed by atoms with Crippen LogP contribution in [0.5, 0.6) is 0 Å². The Balaban J connectivity index is 2.58. The van der Waals surface area contributed by atoms with E-state index in [0.29, 0.717) is 19.3 Å².